The summed E-state index contributed by atoms with van der Waals surface area (Å²) in [5.41, 5.74) is 1.17. The number of hydrogen-bond donors (Lipinski definition) is 2. The summed E-state index contributed by atoms with van der Waals surface area (Å²) in [5.74, 6) is 1.94. The molecule has 0 amide bonds. The number of pyridine rings is 2. The van der Waals surface area contributed by atoms with Crippen LogP contribution in [0.2, 0.25) is 0 Å². The fraction of sp³-hybridized carbons (Fsp3) is 0.476. The molecule has 7 nitrogen and oxygen atoms in total. The molecule has 30 heavy (non-hydrogen) atoms. The van der Waals surface area contributed by atoms with E-state index in [-0.39, 0.29) is 35.8 Å². The van der Waals surface area contributed by atoms with Gasteiger partial charge in [0, 0.05) is 58.2 Å². The van der Waals surface area contributed by atoms with Gasteiger partial charge < -0.3 is 20.4 Å². The van der Waals surface area contributed by atoms with E-state index in [1.807, 2.05) is 17.2 Å². The first-order chi connectivity index (χ1) is 14.2. The molecule has 2 aliphatic heterocycles. The number of aliphatic imine (C=N–C) groups is 1. The Bertz CT molecular complexity index is 857. The van der Waals surface area contributed by atoms with Crippen LogP contribution < -0.4 is 20.4 Å². The third kappa shape index (κ3) is 5.50. The molecule has 0 aliphatic carbocycles. The van der Waals surface area contributed by atoms with Crippen molar-refractivity contribution < 1.29 is 4.39 Å². The largest absolute Gasteiger partial charge is 0.357 e. The van der Waals surface area contributed by atoms with Gasteiger partial charge in [-0.05, 0) is 49.1 Å². The van der Waals surface area contributed by atoms with Gasteiger partial charge in [0.05, 0.1) is 0 Å². The number of anilines is 2. The zero-order chi connectivity index (χ0) is 20.1. The van der Waals surface area contributed by atoms with Gasteiger partial charge >= 0.3 is 0 Å². The monoisotopic (exact) mass is 525 g/mol. The van der Waals surface area contributed by atoms with Crippen LogP contribution in [-0.2, 0) is 6.54 Å². The topological polar surface area (TPSA) is 68.7 Å². The number of aromatic nitrogens is 2. The van der Waals surface area contributed by atoms with Crippen molar-refractivity contribution in [3.63, 3.8) is 0 Å². The third-order valence-electron chi connectivity index (χ3n) is 5.49. The summed E-state index contributed by atoms with van der Waals surface area (Å²) < 4.78 is 14.0. The van der Waals surface area contributed by atoms with Gasteiger partial charge in [0.2, 0.25) is 0 Å². The number of rotatable bonds is 5. The highest BCUT2D eigenvalue weighted by Crippen LogP contribution is 2.21. The summed E-state index contributed by atoms with van der Waals surface area (Å²) in [6.07, 6.45) is 6.88. The van der Waals surface area contributed by atoms with Crippen LogP contribution in [0.1, 0.15) is 24.8 Å². The quantitative estimate of drug-likeness (QED) is 0.356. The zero-order valence-corrected chi connectivity index (χ0v) is 19.6. The molecule has 2 aliphatic rings. The molecule has 0 saturated carbocycles. The molecule has 4 heterocycles. The molecule has 0 aromatic carbocycles. The lowest BCUT2D eigenvalue weighted by Gasteiger charge is -2.20. The Morgan fingerprint density at radius 3 is 2.77 bits per heavy atom. The lowest BCUT2D eigenvalue weighted by atomic mass is 10.2. The summed E-state index contributed by atoms with van der Waals surface area (Å²) in [6.45, 7) is 4.31. The Morgan fingerprint density at radius 1 is 1.17 bits per heavy atom. The lowest BCUT2D eigenvalue weighted by Crippen LogP contribution is -2.44. The molecule has 0 bridgehead atoms. The molecule has 2 fully saturated rings. The fourth-order valence-electron chi connectivity index (χ4n) is 3.94. The van der Waals surface area contributed by atoms with Crippen molar-refractivity contribution in [2.45, 2.75) is 31.8 Å². The average Bonchev–Trinajstić information content (AvgIpc) is 3.44. The maximum Gasteiger partial charge on any atom is 0.191 e. The standard InChI is InChI=1S/C21H28FN7.HI/c1-23-21(26-14-16-6-9-24-19(13-16)28-10-2-3-11-28)27-17-7-12-29(15-17)20-18(22)5-4-8-25-20;/h4-6,8-9,13,17H,2-3,7,10-12,14-15H2,1H3,(H2,23,26,27);1H. The van der Waals surface area contributed by atoms with Crippen LogP contribution in [0.4, 0.5) is 16.0 Å². The number of nitrogens with zero attached hydrogens (tertiary/aromatic N) is 5. The van der Waals surface area contributed by atoms with Crippen molar-refractivity contribution in [1.29, 1.82) is 0 Å². The summed E-state index contributed by atoms with van der Waals surface area (Å²) in [7, 11) is 1.77. The second-order valence-electron chi connectivity index (χ2n) is 7.53. The molecule has 2 aromatic heterocycles. The van der Waals surface area contributed by atoms with E-state index in [0.717, 1.165) is 37.8 Å². The van der Waals surface area contributed by atoms with E-state index in [0.29, 0.717) is 18.9 Å². The van der Waals surface area contributed by atoms with Crippen molar-refractivity contribution in [2.24, 2.45) is 4.99 Å². The first kappa shape index (κ1) is 22.5. The van der Waals surface area contributed by atoms with Gasteiger partial charge in [-0.3, -0.25) is 4.99 Å². The fourth-order valence-corrected chi connectivity index (χ4v) is 3.94. The van der Waals surface area contributed by atoms with Crippen LogP contribution >= 0.6 is 24.0 Å². The predicted molar refractivity (Wildman–Crippen MR) is 129 cm³/mol. The summed E-state index contributed by atoms with van der Waals surface area (Å²) in [5, 5.41) is 6.83. The van der Waals surface area contributed by atoms with Crippen LogP contribution in [-0.4, -0.2) is 55.2 Å². The highest BCUT2D eigenvalue weighted by Gasteiger charge is 2.26. The number of halogens is 2. The zero-order valence-electron chi connectivity index (χ0n) is 17.2. The van der Waals surface area contributed by atoms with Crippen molar-refractivity contribution >= 4 is 41.6 Å². The van der Waals surface area contributed by atoms with E-state index in [1.165, 1.54) is 24.5 Å². The van der Waals surface area contributed by atoms with E-state index >= 15 is 0 Å². The minimum atomic E-state index is -0.276. The maximum atomic E-state index is 14.0. The van der Waals surface area contributed by atoms with Gasteiger partial charge in [-0.2, -0.15) is 0 Å². The molecule has 2 aromatic rings. The molecule has 0 radical (unpaired) electrons. The molecular weight excluding hydrogens is 496 g/mol. The van der Waals surface area contributed by atoms with Crippen LogP contribution in [0.3, 0.4) is 0 Å². The van der Waals surface area contributed by atoms with Gasteiger partial charge in [0.15, 0.2) is 17.6 Å². The second-order valence-corrected chi connectivity index (χ2v) is 7.53. The molecule has 2 N–H and O–H groups in total. The van der Waals surface area contributed by atoms with E-state index < -0.39 is 0 Å². The van der Waals surface area contributed by atoms with E-state index in [9.17, 15) is 4.39 Å². The van der Waals surface area contributed by atoms with Crippen molar-refractivity contribution in [3.05, 3.63) is 48.0 Å². The third-order valence-corrected chi connectivity index (χ3v) is 5.49. The Kier molecular flexibility index (Phi) is 8.06. The first-order valence-corrected chi connectivity index (χ1v) is 10.3. The van der Waals surface area contributed by atoms with Gasteiger partial charge in [-0.25, -0.2) is 14.4 Å². The molecule has 4 rings (SSSR count). The Hall–Kier alpha value is -2.17. The number of hydrogen-bond acceptors (Lipinski definition) is 5. The summed E-state index contributed by atoms with van der Waals surface area (Å²) in [4.78, 5) is 17.3. The van der Waals surface area contributed by atoms with Crippen LogP contribution in [0, 0.1) is 5.82 Å². The second kappa shape index (κ2) is 10.7. The van der Waals surface area contributed by atoms with Gasteiger partial charge in [-0.15, -0.1) is 24.0 Å². The minimum absolute atomic E-state index is 0. The molecule has 0 spiro atoms. The Morgan fingerprint density at radius 2 is 2.00 bits per heavy atom. The molecular formula is C21H29FIN7. The predicted octanol–water partition coefficient (Wildman–Crippen LogP) is 2.78. The van der Waals surface area contributed by atoms with Crippen LogP contribution in [0.15, 0.2) is 41.7 Å². The van der Waals surface area contributed by atoms with E-state index in [1.54, 1.807) is 19.3 Å². The smallest absolute Gasteiger partial charge is 0.191 e. The van der Waals surface area contributed by atoms with E-state index in [4.69, 9.17) is 0 Å². The lowest BCUT2D eigenvalue weighted by molar-refractivity contribution is 0.612. The first-order valence-electron chi connectivity index (χ1n) is 10.3. The molecule has 2 saturated heterocycles. The number of guanidine groups is 1. The van der Waals surface area contributed by atoms with Crippen molar-refractivity contribution in [2.75, 3.05) is 43.0 Å². The summed E-state index contributed by atoms with van der Waals surface area (Å²) >= 11 is 0. The SMILES string of the molecule is CN=C(NCc1ccnc(N2CCCC2)c1)NC1CCN(c2ncccc2F)C1.I. The Labute approximate surface area is 194 Å². The van der Waals surface area contributed by atoms with Crippen molar-refractivity contribution in [3.8, 4) is 0 Å². The Balaban J connectivity index is 0.00000256. The minimum Gasteiger partial charge on any atom is -0.357 e. The average molecular weight is 525 g/mol. The van der Waals surface area contributed by atoms with Crippen LogP contribution in [0.25, 0.3) is 0 Å². The van der Waals surface area contributed by atoms with Crippen molar-refractivity contribution in [1.82, 2.24) is 20.6 Å². The van der Waals surface area contributed by atoms with Gasteiger partial charge in [0.25, 0.3) is 0 Å². The molecule has 9 heteroatoms. The van der Waals surface area contributed by atoms with Gasteiger partial charge in [0.1, 0.15) is 5.82 Å². The normalized spacial score (nSPS) is 19.0. The molecule has 1 unspecified atom stereocenters. The van der Waals surface area contributed by atoms with Gasteiger partial charge in [-0.1, -0.05) is 0 Å². The van der Waals surface area contributed by atoms with Crippen LogP contribution in [0.5, 0.6) is 0 Å². The van der Waals surface area contributed by atoms with E-state index in [2.05, 4.69) is 36.6 Å². The highest BCUT2D eigenvalue weighted by molar-refractivity contribution is 14.0. The highest BCUT2D eigenvalue weighted by atomic mass is 127. The summed E-state index contributed by atoms with van der Waals surface area (Å²) in [6, 6.07) is 7.44. The number of nitrogens with one attached hydrogen (secondary N) is 2. The molecule has 162 valence electrons. The maximum absolute atomic E-state index is 14.0. The molecule has 1 atom stereocenters.